The summed E-state index contributed by atoms with van der Waals surface area (Å²) in [6, 6.07) is 17.9. The standard InChI is InChI=1S/C18H13F2NO2S/c19-14-10-11-16(20)17(12-14)21-24(22,23)18-9-5-4-8-15(18)13-6-2-1-3-7-13/h1-12,21H. The van der Waals surface area contributed by atoms with Gasteiger partial charge in [0.15, 0.2) is 0 Å². The molecule has 3 aromatic rings. The maximum atomic E-state index is 13.7. The molecule has 0 bridgehead atoms. The van der Waals surface area contributed by atoms with Gasteiger partial charge in [-0.3, -0.25) is 4.72 Å². The van der Waals surface area contributed by atoms with E-state index in [0.29, 0.717) is 11.1 Å². The van der Waals surface area contributed by atoms with Crippen LogP contribution >= 0.6 is 0 Å². The fourth-order valence-corrected chi connectivity index (χ4v) is 3.62. The smallest absolute Gasteiger partial charge is 0.262 e. The lowest BCUT2D eigenvalue weighted by Crippen LogP contribution is -2.15. The molecule has 0 fully saturated rings. The van der Waals surface area contributed by atoms with E-state index >= 15 is 0 Å². The van der Waals surface area contributed by atoms with Crippen LogP contribution in [0.1, 0.15) is 0 Å². The Morgan fingerprint density at radius 3 is 2.21 bits per heavy atom. The summed E-state index contributed by atoms with van der Waals surface area (Å²) in [5, 5.41) is 0. The predicted molar refractivity (Wildman–Crippen MR) is 89.0 cm³/mol. The number of hydrogen-bond donors (Lipinski definition) is 1. The van der Waals surface area contributed by atoms with Crippen LogP contribution in [0.2, 0.25) is 0 Å². The summed E-state index contributed by atoms with van der Waals surface area (Å²) in [5.74, 6) is -1.58. The third kappa shape index (κ3) is 3.28. The molecule has 3 rings (SSSR count). The van der Waals surface area contributed by atoms with E-state index in [9.17, 15) is 17.2 Å². The Hall–Kier alpha value is -2.73. The zero-order valence-electron chi connectivity index (χ0n) is 12.4. The van der Waals surface area contributed by atoms with Gasteiger partial charge >= 0.3 is 0 Å². The molecular weight excluding hydrogens is 332 g/mol. The molecule has 3 nitrogen and oxygen atoms in total. The molecule has 3 aromatic carbocycles. The Balaban J connectivity index is 2.07. The molecule has 0 amide bonds. The van der Waals surface area contributed by atoms with E-state index in [0.717, 1.165) is 18.2 Å². The summed E-state index contributed by atoms with van der Waals surface area (Å²) in [4.78, 5) is -0.0140. The first-order valence-corrected chi connectivity index (χ1v) is 8.58. The van der Waals surface area contributed by atoms with Crippen LogP contribution in [-0.2, 0) is 10.0 Å². The molecule has 0 heterocycles. The highest BCUT2D eigenvalue weighted by atomic mass is 32.2. The first-order valence-electron chi connectivity index (χ1n) is 7.10. The molecule has 6 heteroatoms. The van der Waals surface area contributed by atoms with Crippen LogP contribution in [0, 0.1) is 11.6 Å². The van der Waals surface area contributed by atoms with Crippen LogP contribution in [0.15, 0.2) is 77.7 Å². The second-order valence-electron chi connectivity index (χ2n) is 5.09. The molecule has 0 unspecified atom stereocenters. The molecular formula is C18H13F2NO2S. The third-order valence-corrected chi connectivity index (χ3v) is 4.86. The fraction of sp³-hybridized carbons (Fsp3) is 0. The van der Waals surface area contributed by atoms with Crippen molar-refractivity contribution in [3.63, 3.8) is 0 Å². The highest BCUT2D eigenvalue weighted by molar-refractivity contribution is 7.92. The Kier molecular flexibility index (Phi) is 4.31. The van der Waals surface area contributed by atoms with Crippen molar-refractivity contribution in [3.05, 3.63) is 84.4 Å². The summed E-state index contributed by atoms with van der Waals surface area (Å²) in [7, 11) is -4.09. The molecule has 0 aliphatic heterocycles. The second-order valence-corrected chi connectivity index (χ2v) is 6.74. The van der Waals surface area contributed by atoms with Gasteiger partial charge in [0.05, 0.1) is 10.6 Å². The summed E-state index contributed by atoms with van der Waals surface area (Å²) >= 11 is 0. The predicted octanol–water partition coefficient (Wildman–Crippen LogP) is 4.43. The van der Waals surface area contributed by atoms with Gasteiger partial charge in [0.1, 0.15) is 11.6 Å². The minimum absolute atomic E-state index is 0.0140. The number of rotatable bonds is 4. The van der Waals surface area contributed by atoms with E-state index in [2.05, 4.69) is 4.72 Å². The topological polar surface area (TPSA) is 46.2 Å². The lowest BCUT2D eigenvalue weighted by atomic mass is 10.1. The number of anilines is 1. The Morgan fingerprint density at radius 2 is 1.46 bits per heavy atom. The van der Waals surface area contributed by atoms with Crippen LogP contribution in [0.4, 0.5) is 14.5 Å². The normalized spacial score (nSPS) is 11.2. The molecule has 0 aliphatic rings. The van der Waals surface area contributed by atoms with Crippen molar-refractivity contribution in [2.24, 2.45) is 0 Å². The van der Waals surface area contributed by atoms with E-state index in [1.807, 2.05) is 6.07 Å². The van der Waals surface area contributed by atoms with E-state index in [-0.39, 0.29) is 4.90 Å². The monoisotopic (exact) mass is 345 g/mol. The first kappa shape index (κ1) is 16.1. The molecule has 0 spiro atoms. The van der Waals surface area contributed by atoms with Crippen molar-refractivity contribution in [1.29, 1.82) is 0 Å². The fourth-order valence-electron chi connectivity index (χ4n) is 2.33. The van der Waals surface area contributed by atoms with Crippen LogP contribution in [0.5, 0.6) is 0 Å². The average Bonchev–Trinajstić information content (AvgIpc) is 2.59. The molecule has 0 atom stereocenters. The molecule has 24 heavy (non-hydrogen) atoms. The maximum Gasteiger partial charge on any atom is 0.262 e. The number of nitrogens with one attached hydrogen (secondary N) is 1. The summed E-state index contributed by atoms with van der Waals surface area (Å²) in [6.07, 6.45) is 0. The molecule has 0 aliphatic carbocycles. The minimum atomic E-state index is -4.09. The Bertz CT molecular complexity index is 973. The van der Waals surface area contributed by atoms with Crippen molar-refractivity contribution in [2.45, 2.75) is 4.90 Å². The largest absolute Gasteiger partial charge is 0.277 e. The summed E-state index contributed by atoms with van der Waals surface area (Å²) < 4.78 is 54.4. The van der Waals surface area contributed by atoms with Gasteiger partial charge in [0.25, 0.3) is 10.0 Å². The Morgan fingerprint density at radius 1 is 0.792 bits per heavy atom. The molecule has 0 saturated carbocycles. The van der Waals surface area contributed by atoms with Crippen molar-refractivity contribution < 1.29 is 17.2 Å². The average molecular weight is 345 g/mol. The molecule has 0 radical (unpaired) electrons. The van der Waals surface area contributed by atoms with Gasteiger partial charge in [0, 0.05) is 11.6 Å². The maximum absolute atomic E-state index is 13.7. The lowest BCUT2D eigenvalue weighted by molar-refractivity contribution is 0.594. The highest BCUT2D eigenvalue weighted by Crippen LogP contribution is 2.29. The number of halogens is 2. The van der Waals surface area contributed by atoms with Crippen molar-refractivity contribution in [1.82, 2.24) is 0 Å². The van der Waals surface area contributed by atoms with Gasteiger partial charge in [-0.15, -0.1) is 0 Å². The van der Waals surface area contributed by atoms with Crippen molar-refractivity contribution in [2.75, 3.05) is 4.72 Å². The van der Waals surface area contributed by atoms with Crippen molar-refractivity contribution in [3.8, 4) is 11.1 Å². The molecule has 0 saturated heterocycles. The van der Waals surface area contributed by atoms with E-state index < -0.39 is 27.3 Å². The number of hydrogen-bond acceptors (Lipinski definition) is 2. The Labute approximate surface area is 138 Å². The van der Waals surface area contributed by atoms with Gasteiger partial charge in [-0.25, -0.2) is 17.2 Å². The van der Waals surface area contributed by atoms with Crippen molar-refractivity contribution >= 4 is 15.7 Å². The SMILES string of the molecule is O=S(=O)(Nc1cc(F)ccc1F)c1ccccc1-c1ccccc1. The van der Waals surface area contributed by atoms with Gasteiger partial charge < -0.3 is 0 Å². The minimum Gasteiger partial charge on any atom is -0.277 e. The van der Waals surface area contributed by atoms with E-state index in [1.165, 1.54) is 6.07 Å². The lowest BCUT2D eigenvalue weighted by Gasteiger charge is -2.13. The van der Waals surface area contributed by atoms with Gasteiger partial charge in [-0.1, -0.05) is 48.5 Å². The summed E-state index contributed by atoms with van der Waals surface area (Å²) in [6.45, 7) is 0. The third-order valence-electron chi connectivity index (χ3n) is 3.43. The van der Waals surface area contributed by atoms with E-state index in [4.69, 9.17) is 0 Å². The number of benzene rings is 3. The van der Waals surface area contributed by atoms with Crippen LogP contribution < -0.4 is 4.72 Å². The quantitative estimate of drug-likeness (QED) is 0.760. The second kappa shape index (κ2) is 6.41. The highest BCUT2D eigenvalue weighted by Gasteiger charge is 2.20. The zero-order valence-corrected chi connectivity index (χ0v) is 13.2. The molecule has 1 N–H and O–H groups in total. The van der Waals surface area contributed by atoms with Crippen LogP contribution in [-0.4, -0.2) is 8.42 Å². The molecule has 122 valence electrons. The van der Waals surface area contributed by atoms with Gasteiger partial charge in [0.2, 0.25) is 0 Å². The van der Waals surface area contributed by atoms with Crippen LogP contribution in [0.25, 0.3) is 11.1 Å². The van der Waals surface area contributed by atoms with Gasteiger partial charge in [-0.2, -0.15) is 0 Å². The number of sulfonamides is 1. The van der Waals surface area contributed by atoms with Crippen LogP contribution in [0.3, 0.4) is 0 Å². The van der Waals surface area contributed by atoms with Gasteiger partial charge in [-0.05, 0) is 23.8 Å². The summed E-state index contributed by atoms with van der Waals surface area (Å²) in [5.41, 5.74) is 0.749. The molecule has 0 aromatic heterocycles. The van der Waals surface area contributed by atoms with E-state index in [1.54, 1.807) is 42.5 Å². The zero-order chi connectivity index (χ0) is 17.2. The first-order chi connectivity index (χ1) is 11.5.